The molecule has 5 nitrogen and oxygen atoms in total. The van der Waals surface area contributed by atoms with Crippen molar-refractivity contribution in [3.05, 3.63) is 257 Å². The fourth-order valence-electron chi connectivity index (χ4n) is 10.4. The van der Waals surface area contributed by atoms with E-state index in [1.807, 2.05) is 12.1 Å². The van der Waals surface area contributed by atoms with Gasteiger partial charge in [0.15, 0.2) is 0 Å². The Balaban J connectivity index is 0.00000178. The van der Waals surface area contributed by atoms with Crippen LogP contribution in [-0.2, 0) is 21.1 Å². The van der Waals surface area contributed by atoms with Gasteiger partial charge >= 0.3 is 21.1 Å². The first-order valence-corrected chi connectivity index (χ1v) is 22.6. The number of rotatable bonds is 2. The number of hydrogen-bond acceptors (Lipinski definition) is 3. The molecule has 6 heteroatoms. The SMILES string of the molecule is [CH3-].[CH3-].[Pt+4].[c-]1c(Oc2[c-]c3c(cc2)c2ccccc2n3C2=Nc3ccccc3-c3ccccc3-c3ccccc32)ccc2c3ccccc3n(C3=Nc4ccccc4-c4ccccc4-c4ccccc43)c12. The molecule has 0 spiro atoms. The number of aliphatic imine (C=N–C) groups is 2. The van der Waals surface area contributed by atoms with Crippen molar-refractivity contribution in [2.24, 2.45) is 9.98 Å². The topological polar surface area (TPSA) is 43.8 Å². The fraction of sp³-hybridized carbons (Fsp3) is 0. The Morgan fingerprint density at radius 1 is 0.300 bits per heavy atom. The van der Waals surface area contributed by atoms with Gasteiger partial charge in [-0.15, -0.1) is 35.0 Å². The molecule has 0 saturated heterocycles. The zero-order valence-corrected chi connectivity index (χ0v) is 40.6. The van der Waals surface area contributed by atoms with Gasteiger partial charge in [0, 0.05) is 44.8 Å². The zero-order chi connectivity index (χ0) is 44.0. The van der Waals surface area contributed by atoms with Crippen LogP contribution >= 0.6 is 0 Å². The van der Waals surface area contributed by atoms with Gasteiger partial charge in [0.25, 0.3) is 0 Å². The first-order chi connectivity index (χ1) is 33.2. The van der Waals surface area contributed by atoms with E-state index in [0.717, 1.165) is 122 Å². The van der Waals surface area contributed by atoms with Crippen LogP contribution in [-0.4, -0.2) is 20.8 Å². The fourth-order valence-corrected chi connectivity index (χ4v) is 10.4. The van der Waals surface area contributed by atoms with Gasteiger partial charge in [0.05, 0.1) is 11.4 Å². The summed E-state index contributed by atoms with van der Waals surface area (Å²) in [4.78, 5) is 11.1. The number of fused-ring (bicyclic) bond motifs is 16. The van der Waals surface area contributed by atoms with Crippen LogP contribution < -0.4 is 4.74 Å². The molecule has 14 rings (SSSR count). The minimum Gasteiger partial charge on any atom is -0.509 e. The van der Waals surface area contributed by atoms with Gasteiger partial charge in [-0.05, 0) is 68.4 Å². The molecule has 0 N–H and O–H groups in total. The Morgan fingerprint density at radius 2 is 0.600 bits per heavy atom. The average Bonchev–Trinajstić information content (AvgIpc) is 3.88. The summed E-state index contributed by atoms with van der Waals surface area (Å²) in [6, 6.07) is 84.1. The molecular formula is C64H42N4OPt. The van der Waals surface area contributed by atoms with E-state index in [-0.39, 0.29) is 35.9 Å². The molecule has 0 atom stereocenters. The number of nitrogens with zero attached hydrogens (tertiary/aromatic N) is 4. The Morgan fingerprint density at radius 3 is 1.00 bits per heavy atom. The standard InChI is InChI=1S/C62H36N4O.2CH3.Pt/c1-3-19-43-41(17-1)45-21-5-7-27-53(45)61(63-55-29-13-9-23-47(43)55)65-57-31-15-11-25-49(57)51-35-33-39(37-59(51)65)67-40-34-36-52-50-26-12-16-32-58(50)66(60(52)38-40)62-54-28-8-6-22-46(54)42-18-2-4-20-44(42)48-24-10-14-30-56(48)64-62;;;/h1-36H;2*1H3;/q-2;2*-1;+4. The van der Waals surface area contributed by atoms with Crippen molar-refractivity contribution in [2.75, 3.05) is 0 Å². The van der Waals surface area contributed by atoms with Gasteiger partial charge in [0.2, 0.25) is 0 Å². The van der Waals surface area contributed by atoms with Crippen molar-refractivity contribution < 1.29 is 25.8 Å². The first-order valence-electron chi connectivity index (χ1n) is 22.6. The summed E-state index contributed by atoms with van der Waals surface area (Å²) < 4.78 is 11.4. The normalized spacial score (nSPS) is 12.1. The quantitative estimate of drug-likeness (QED) is 0.159. The molecule has 4 heterocycles. The van der Waals surface area contributed by atoms with Gasteiger partial charge in [-0.25, -0.2) is 9.98 Å². The number of hydrogen-bond donors (Lipinski definition) is 0. The third-order valence-corrected chi connectivity index (χ3v) is 13.4. The van der Waals surface area contributed by atoms with Crippen LogP contribution in [0.1, 0.15) is 11.1 Å². The largest absolute Gasteiger partial charge is 4.00 e. The molecule has 0 radical (unpaired) electrons. The van der Waals surface area contributed by atoms with Crippen molar-refractivity contribution in [1.82, 2.24) is 9.13 Å². The van der Waals surface area contributed by atoms with E-state index in [4.69, 9.17) is 14.7 Å². The molecule has 0 fully saturated rings. The second-order valence-electron chi connectivity index (χ2n) is 17.1. The van der Waals surface area contributed by atoms with Gasteiger partial charge in [0.1, 0.15) is 11.7 Å². The second-order valence-corrected chi connectivity index (χ2v) is 17.1. The molecule has 0 saturated carbocycles. The molecule has 0 aliphatic carbocycles. The second kappa shape index (κ2) is 17.6. The minimum atomic E-state index is 0. The predicted molar refractivity (Wildman–Crippen MR) is 287 cm³/mol. The van der Waals surface area contributed by atoms with E-state index in [2.05, 4.69) is 228 Å². The summed E-state index contributed by atoms with van der Waals surface area (Å²) in [7, 11) is 0. The average molecular weight is 1080 g/mol. The van der Waals surface area contributed by atoms with Crippen LogP contribution in [0.3, 0.4) is 0 Å². The number of aromatic nitrogens is 2. The van der Waals surface area contributed by atoms with Crippen molar-refractivity contribution in [1.29, 1.82) is 0 Å². The Hall–Kier alpha value is -8.37. The zero-order valence-electron chi connectivity index (χ0n) is 38.3. The summed E-state index contributed by atoms with van der Waals surface area (Å²) >= 11 is 0. The third-order valence-electron chi connectivity index (χ3n) is 13.4. The summed E-state index contributed by atoms with van der Waals surface area (Å²) in [5.74, 6) is 2.78. The molecule has 2 aromatic heterocycles. The summed E-state index contributed by atoms with van der Waals surface area (Å²) in [6.45, 7) is 0. The number of benzene rings is 10. The first kappa shape index (κ1) is 44.2. The summed E-state index contributed by atoms with van der Waals surface area (Å²) in [5, 5.41) is 4.33. The van der Waals surface area contributed by atoms with E-state index < -0.39 is 0 Å². The Kier molecular flexibility index (Phi) is 11.1. The summed E-state index contributed by atoms with van der Waals surface area (Å²) in [6.07, 6.45) is 0. The maximum absolute atomic E-state index is 6.89. The van der Waals surface area contributed by atoms with Gasteiger partial charge in [-0.1, -0.05) is 181 Å². The minimum absolute atomic E-state index is 0. The number of ether oxygens (including phenoxy) is 1. The maximum Gasteiger partial charge on any atom is 4.00 e. The van der Waals surface area contributed by atoms with E-state index in [1.165, 1.54) is 0 Å². The van der Waals surface area contributed by atoms with Crippen LogP contribution in [0.2, 0.25) is 0 Å². The Labute approximate surface area is 421 Å². The molecule has 0 amide bonds. The molecule has 0 unspecified atom stereocenters. The van der Waals surface area contributed by atoms with E-state index in [9.17, 15) is 0 Å². The third kappa shape index (κ3) is 6.80. The van der Waals surface area contributed by atoms with Crippen molar-refractivity contribution in [3.8, 4) is 56.0 Å². The van der Waals surface area contributed by atoms with Gasteiger partial charge < -0.3 is 28.7 Å². The van der Waals surface area contributed by atoms with Gasteiger partial charge in [-0.2, -0.15) is 12.1 Å². The molecule has 2 aliphatic rings. The van der Waals surface area contributed by atoms with Crippen LogP contribution in [0.25, 0.3) is 88.1 Å². The number of para-hydroxylation sites is 4. The van der Waals surface area contributed by atoms with E-state index in [0.29, 0.717) is 11.5 Å². The van der Waals surface area contributed by atoms with Crippen LogP contribution in [0.5, 0.6) is 11.5 Å². The van der Waals surface area contributed by atoms with Gasteiger partial charge in [-0.3, -0.25) is 0 Å². The molecule has 334 valence electrons. The Bertz CT molecular complexity index is 3830. The van der Waals surface area contributed by atoms with Crippen molar-refractivity contribution in [3.63, 3.8) is 0 Å². The van der Waals surface area contributed by atoms with Crippen molar-refractivity contribution >= 4 is 66.7 Å². The van der Waals surface area contributed by atoms with E-state index in [1.54, 1.807) is 0 Å². The molecular weight excluding hydrogens is 1040 g/mol. The van der Waals surface area contributed by atoms with Crippen LogP contribution in [0.15, 0.2) is 228 Å². The maximum atomic E-state index is 6.89. The molecule has 70 heavy (non-hydrogen) atoms. The summed E-state index contributed by atoms with van der Waals surface area (Å²) in [5.41, 5.74) is 16.7. The smallest absolute Gasteiger partial charge is 0.509 e. The van der Waals surface area contributed by atoms with Crippen LogP contribution in [0, 0.1) is 27.0 Å². The van der Waals surface area contributed by atoms with Crippen molar-refractivity contribution in [2.45, 2.75) is 0 Å². The molecule has 2 aliphatic heterocycles. The molecule has 12 aromatic rings. The molecule has 0 bridgehead atoms. The molecule has 10 aromatic carbocycles. The predicted octanol–water partition coefficient (Wildman–Crippen LogP) is 16.7. The van der Waals surface area contributed by atoms with E-state index >= 15 is 0 Å². The monoisotopic (exact) mass is 1080 g/mol. The van der Waals surface area contributed by atoms with Crippen LogP contribution in [0.4, 0.5) is 11.4 Å².